The van der Waals surface area contributed by atoms with E-state index in [-0.39, 0.29) is 11.3 Å². The molecule has 16 heavy (non-hydrogen) atoms. The Morgan fingerprint density at radius 3 is 2.56 bits per heavy atom. The molecule has 2 unspecified atom stereocenters. The molecule has 2 atom stereocenters. The molecule has 5 heteroatoms. The summed E-state index contributed by atoms with van der Waals surface area (Å²) in [5.74, 6) is 0. The van der Waals surface area contributed by atoms with Gasteiger partial charge in [-0.1, -0.05) is 0 Å². The third-order valence-electron chi connectivity index (χ3n) is 2.40. The van der Waals surface area contributed by atoms with Crippen molar-refractivity contribution in [1.82, 2.24) is 4.90 Å². The predicted octanol–water partition coefficient (Wildman–Crippen LogP) is 0.900. The monoisotopic (exact) mass is 226 g/mol. The quantitative estimate of drug-likeness (QED) is 0.517. The second-order valence-corrected chi connectivity index (χ2v) is 4.88. The molecule has 2 saturated heterocycles. The van der Waals surface area contributed by atoms with E-state index in [0.29, 0.717) is 12.9 Å². The number of morpholine rings is 1. The summed E-state index contributed by atoms with van der Waals surface area (Å²) in [5.41, 5.74) is -0.434. The van der Waals surface area contributed by atoms with Gasteiger partial charge in [-0.15, -0.1) is 0 Å². The zero-order chi connectivity index (χ0) is 12.2. The molecule has 2 heterocycles. The molecule has 5 nitrogen and oxygen atoms in total. The number of hydrogen-bond donors (Lipinski definition) is 0. The van der Waals surface area contributed by atoms with Crippen LogP contribution in [0.4, 0.5) is 0 Å². The highest BCUT2D eigenvalue weighted by Crippen LogP contribution is 2.40. The van der Waals surface area contributed by atoms with Crippen LogP contribution in [0.5, 0.6) is 0 Å². The van der Waals surface area contributed by atoms with Gasteiger partial charge in [0.2, 0.25) is 0 Å². The Morgan fingerprint density at radius 2 is 2.31 bits per heavy atom. The van der Waals surface area contributed by atoms with Crippen LogP contribution in [0.3, 0.4) is 0 Å². The number of fused-ring (bicyclic) bond motifs is 1. The molecule has 0 saturated carbocycles. The highest BCUT2D eigenvalue weighted by molar-refractivity contribution is 5.37. The number of ether oxygens (including phenoxy) is 2. The van der Waals surface area contributed by atoms with E-state index in [1.54, 1.807) is 0 Å². The minimum atomic E-state index is -0.318. The van der Waals surface area contributed by atoms with Crippen molar-refractivity contribution in [3.8, 4) is 6.07 Å². The van der Waals surface area contributed by atoms with Crippen molar-refractivity contribution in [1.29, 1.82) is 5.26 Å². The Morgan fingerprint density at radius 1 is 1.62 bits per heavy atom. The van der Waals surface area contributed by atoms with Crippen LogP contribution in [0.15, 0.2) is 0 Å². The highest BCUT2D eigenvalue weighted by atomic mass is 16.5. The Hall–Kier alpha value is -1.12. The van der Waals surface area contributed by atoms with E-state index < -0.39 is 0 Å². The van der Waals surface area contributed by atoms with Gasteiger partial charge >= 0.3 is 0 Å². The molecule has 90 valence electrons. The molecular weight excluding hydrogens is 208 g/mol. The average molecular weight is 226 g/mol. The molecule has 2 aliphatic heterocycles. The molecule has 0 radical (unpaired) electrons. The van der Waals surface area contributed by atoms with Crippen LogP contribution in [0, 0.1) is 11.3 Å². The molecule has 0 spiro atoms. The van der Waals surface area contributed by atoms with E-state index in [1.807, 2.05) is 20.8 Å². The van der Waals surface area contributed by atoms with Gasteiger partial charge in [0, 0.05) is 13.1 Å². The van der Waals surface area contributed by atoms with Gasteiger partial charge < -0.3 is 9.47 Å². The van der Waals surface area contributed by atoms with Gasteiger partial charge in [-0.25, -0.2) is 0 Å². The first-order valence-electron chi connectivity index (χ1n) is 5.31. The fourth-order valence-corrected chi connectivity index (χ4v) is 1.52. The summed E-state index contributed by atoms with van der Waals surface area (Å²) < 4.78 is 9.91. The first-order valence-corrected chi connectivity index (χ1v) is 5.31. The van der Waals surface area contributed by atoms with Crippen molar-refractivity contribution in [2.75, 3.05) is 19.7 Å². The van der Waals surface area contributed by atoms with Crippen molar-refractivity contribution < 1.29 is 14.3 Å². The van der Waals surface area contributed by atoms with Crippen LogP contribution < -0.4 is 0 Å². The number of nitriles is 1. The van der Waals surface area contributed by atoms with E-state index in [4.69, 9.17) is 10.00 Å². The largest absolute Gasteiger partial charge is 0.462 e. The van der Waals surface area contributed by atoms with Gasteiger partial charge in [0.05, 0.1) is 19.1 Å². The van der Waals surface area contributed by atoms with Gasteiger partial charge in [0.1, 0.15) is 11.3 Å². The third kappa shape index (κ3) is 3.47. The summed E-state index contributed by atoms with van der Waals surface area (Å²) in [7, 11) is 0. The minimum absolute atomic E-state index is 0.116. The molecule has 2 fully saturated rings. The molecule has 0 aliphatic carbocycles. The molecule has 0 amide bonds. The van der Waals surface area contributed by atoms with Crippen LogP contribution in [0.1, 0.15) is 27.2 Å². The maximum atomic E-state index is 9.60. The summed E-state index contributed by atoms with van der Waals surface area (Å²) in [6, 6.07) is 2.13. The standard InChI is InChI=1S/C6H8N2O.C5H10O2/c7-2-1-6-5-8(6)3-4-9-6;1-5(2,3)7-4-6/h1,3-5H2;4H,1-3H3. The van der Waals surface area contributed by atoms with Crippen LogP contribution in [0.25, 0.3) is 0 Å². The Balaban J connectivity index is 0.000000168. The van der Waals surface area contributed by atoms with E-state index >= 15 is 0 Å². The van der Waals surface area contributed by atoms with E-state index in [9.17, 15) is 4.79 Å². The first kappa shape index (κ1) is 12.9. The molecule has 0 bridgehead atoms. The van der Waals surface area contributed by atoms with E-state index in [0.717, 1.165) is 19.7 Å². The fourth-order valence-electron chi connectivity index (χ4n) is 1.52. The maximum Gasteiger partial charge on any atom is 0.293 e. The predicted molar refractivity (Wildman–Crippen MR) is 57.4 cm³/mol. The number of rotatable bonds is 2. The van der Waals surface area contributed by atoms with E-state index in [1.165, 1.54) is 0 Å². The zero-order valence-corrected chi connectivity index (χ0v) is 10.0. The van der Waals surface area contributed by atoms with Crippen LogP contribution >= 0.6 is 0 Å². The molecule has 0 aromatic rings. The van der Waals surface area contributed by atoms with E-state index in [2.05, 4.69) is 15.7 Å². The summed E-state index contributed by atoms with van der Waals surface area (Å²) >= 11 is 0. The normalized spacial score (nSPS) is 30.5. The summed E-state index contributed by atoms with van der Waals surface area (Å²) in [4.78, 5) is 11.8. The molecule has 2 aliphatic rings. The first-order chi connectivity index (χ1) is 7.43. The minimum Gasteiger partial charge on any atom is -0.462 e. The summed E-state index contributed by atoms with van der Waals surface area (Å²) in [6.07, 6.45) is 0.535. The van der Waals surface area contributed by atoms with Crippen molar-refractivity contribution >= 4 is 6.47 Å². The Bertz CT molecular complexity index is 293. The smallest absolute Gasteiger partial charge is 0.293 e. The average Bonchev–Trinajstić information content (AvgIpc) is 2.67. The van der Waals surface area contributed by atoms with Crippen LogP contribution in [-0.4, -0.2) is 42.4 Å². The number of hydrogen-bond acceptors (Lipinski definition) is 5. The van der Waals surface area contributed by atoms with Gasteiger partial charge in [0.25, 0.3) is 6.47 Å². The fraction of sp³-hybridized carbons (Fsp3) is 0.818. The second kappa shape index (κ2) is 4.81. The maximum absolute atomic E-state index is 9.60. The van der Waals surface area contributed by atoms with Crippen LogP contribution in [-0.2, 0) is 14.3 Å². The number of nitrogens with zero attached hydrogens (tertiary/aromatic N) is 2. The highest BCUT2D eigenvalue weighted by Gasteiger charge is 2.56. The van der Waals surface area contributed by atoms with Crippen molar-refractivity contribution in [3.05, 3.63) is 0 Å². The lowest BCUT2D eigenvalue weighted by atomic mass is 10.2. The van der Waals surface area contributed by atoms with Gasteiger partial charge in [-0.3, -0.25) is 9.69 Å². The third-order valence-corrected chi connectivity index (χ3v) is 2.40. The molecule has 0 aromatic heterocycles. The SMILES string of the molecule is CC(C)(C)OC=O.N#CCC12CN1CCO2. The lowest BCUT2D eigenvalue weighted by Gasteiger charge is -2.14. The summed E-state index contributed by atoms with van der Waals surface area (Å²) in [6.45, 7) is 8.72. The second-order valence-electron chi connectivity index (χ2n) is 4.88. The molecule has 2 rings (SSSR count). The van der Waals surface area contributed by atoms with Crippen molar-refractivity contribution in [3.63, 3.8) is 0 Å². The lowest BCUT2D eigenvalue weighted by molar-refractivity contribution is -0.138. The van der Waals surface area contributed by atoms with Gasteiger partial charge in [-0.2, -0.15) is 5.26 Å². The molecule has 0 aromatic carbocycles. The summed E-state index contributed by atoms with van der Waals surface area (Å²) in [5, 5.41) is 8.36. The lowest BCUT2D eigenvalue weighted by Crippen LogP contribution is -2.17. The number of carbonyl (C=O) groups excluding carboxylic acids is 1. The van der Waals surface area contributed by atoms with Crippen LogP contribution in [0.2, 0.25) is 0 Å². The zero-order valence-electron chi connectivity index (χ0n) is 10.0. The molecule has 0 N–H and O–H groups in total. The molecular formula is C11H18N2O3. The Kier molecular flexibility index (Phi) is 3.89. The topological polar surface area (TPSA) is 62.3 Å². The van der Waals surface area contributed by atoms with Crippen molar-refractivity contribution in [2.45, 2.75) is 38.5 Å². The Labute approximate surface area is 95.9 Å². The van der Waals surface area contributed by atoms with Gasteiger partial charge in [0.15, 0.2) is 0 Å². The van der Waals surface area contributed by atoms with Gasteiger partial charge in [-0.05, 0) is 20.8 Å². The number of carbonyl (C=O) groups is 1. The van der Waals surface area contributed by atoms with Crippen molar-refractivity contribution in [2.24, 2.45) is 0 Å².